The van der Waals surface area contributed by atoms with E-state index < -0.39 is 0 Å². The SMILES string of the molecule is O=C(C[Se]Cc1ccccc1)c1ccccc1. The number of ketones is 1. The van der Waals surface area contributed by atoms with Gasteiger partial charge in [0.15, 0.2) is 0 Å². The fourth-order valence-electron chi connectivity index (χ4n) is 1.54. The molecule has 0 atom stereocenters. The van der Waals surface area contributed by atoms with Crippen LogP contribution < -0.4 is 0 Å². The fourth-order valence-corrected chi connectivity index (χ4v) is 3.39. The van der Waals surface area contributed by atoms with Crippen molar-refractivity contribution in [3.63, 3.8) is 0 Å². The van der Waals surface area contributed by atoms with E-state index in [0.29, 0.717) is 20.3 Å². The molecule has 2 aromatic carbocycles. The summed E-state index contributed by atoms with van der Waals surface area (Å²) in [5.41, 5.74) is 2.16. The summed E-state index contributed by atoms with van der Waals surface area (Å²) >= 11 is 0.355. The molecule has 0 spiro atoms. The predicted molar refractivity (Wildman–Crippen MR) is 71.5 cm³/mol. The van der Waals surface area contributed by atoms with E-state index in [-0.39, 0.29) is 5.78 Å². The van der Waals surface area contributed by atoms with Crippen molar-refractivity contribution < 1.29 is 4.79 Å². The minimum absolute atomic E-state index is 0.265. The zero-order chi connectivity index (χ0) is 11.9. The summed E-state index contributed by atoms with van der Waals surface area (Å²) in [6.45, 7) is 0. The summed E-state index contributed by atoms with van der Waals surface area (Å²) in [4.78, 5) is 11.9. The molecule has 0 aliphatic rings. The van der Waals surface area contributed by atoms with E-state index in [4.69, 9.17) is 0 Å². The van der Waals surface area contributed by atoms with Gasteiger partial charge in [-0.05, 0) is 0 Å². The number of carbonyl (C=O) groups excluding carboxylic acids is 1. The zero-order valence-electron chi connectivity index (χ0n) is 9.50. The Morgan fingerprint density at radius 1 is 0.882 bits per heavy atom. The number of hydrogen-bond acceptors (Lipinski definition) is 1. The first-order valence-corrected chi connectivity index (χ1v) is 7.98. The first-order chi connectivity index (χ1) is 8.36. The third-order valence-electron chi connectivity index (χ3n) is 2.44. The number of hydrogen-bond donors (Lipinski definition) is 0. The van der Waals surface area contributed by atoms with Crippen LogP contribution in [0.5, 0.6) is 0 Å². The van der Waals surface area contributed by atoms with Crippen LogP contribution >= 0.6 is 0 Å². The van der Waals surface area contributed by atoms with Gasteiger partial charge in [0.1, 0.15) is 0 Å². The second kappa shape index (κ2) is 6.39. The second-order valence-corrected chi connectivity index (χ2v) is 5.84. The number of Topliss-reactive ketones (excluding diaryl/α,β-unsaturated/α-hetero) is 1. The van der Waals surface area contributed by atoms with Crippen LogP contribution in [0.4, 0.5) is 0 Å². The molecule has 2 rings (SSSR count). The predicted octanol–water partition coefficient (Wildman–Crippen LogP) is 3.19. The minimum atomic E-state index is 0.265. The fraction of sp³-hybridized carbons (Fsp3) is 0.133. The molecule has 0 N–H and O–H groups in total. The maximum absolute atomic E-state index is 11.9. The summed E-state index contributed by atoms with van der Waals surface area (Å²) in [6.07, 6.45) is 0. The van der Waals surface area contributed by atoms with E-state index >= 15 is 0 Å². The van der Waals surface area contributed by atoms with Crippen LogP contribution in [0.3, 0.4) is 0 Å². The van der Waals surface area contributed by atoms with Gasteiger partial charge in [-0.2, -0.15) is 0 Å². The molecule has 0 aliphatic carbocycles. The Bertz CT molecular complexity index is 465. The first-order valence-electron chi connectivity index (χ1n) is 5.56. The third kappa shape index (κ3) is 3.85. The Morgan fingerprint density at radius 2 is 1.47 bits per heavy atom. The molecule has 86 valence electrons. The van der Waals surface area contributed by atoms with Gasteiger partial charge in [-0.3, -0.25) is 0 Å². The van der Waals surface area contributed by atoms with Gasteiger partial charge in [-0.15, -0.1) is 0 Å². The van der Waals surface area contributed by atoms with Crippen LogP contribution in [0.15, 0.2) is 60.7 Å². The molecule has 0 saturated heterocycles. The van der Waals surface area contributed by atoms with Crippen molar-refractivity contribution in [1.82, 2.24) is 0 Å². The van der Waals surface area contributed by atoms with E-state index in [2.05, 4.69) is 12.1 Å². The molecule has 0 heterocycles. The Balaban J connectivity index is 1.82. The molecule has 0 aliphatic heterocycles. The van der Waals surface area contributed by atoms with Crippen molar-refractivity contribution in [2.75, 3.05) is 0 Å². The molecule has 0 aromatic heterocycles. The molecule has 0 bridgehead atoms. The van der Waals surface area contributed by atoms with Gasteiger partial charge >= 0.3 is 108 Å². The van der Waals surface area contributed by atoms with Crippen molar-refractivity contribution in [2.24, 2.45) is 0 Å². The molecule has 17 heavy (non-hydrogen) atoms. The molecule has 0 amide bonds. The number of rotatable bonds is 5. The Labute approximate surface area is 108 Å². The molecule has 0 unspecified atom stereocenters. The van der Waals surface area contributed by atoms with Crippen molar-refractivity contribution in [1.29, 1.82) is 0 Å². The Kier molecular flexibility index (Phi) is 4.54. The Hall–Kier alpha value is -1.37. The van der Waals surface area contributed by atoms with Gasteiger partial charge in [0.05, 0.1) is 0 Å². The molecule has 1 nitrogen and oxygen atoms in total. The second-order valence-electron chi connectivity index (χ2n) is 3.77. The summed E-state index contributed by atoms with van der Waals surface area (Å²) in [5.74, 6) is 0.265. The summed E-state index contributed by atoms with van der Waals surface area (Å²) in [5, 5.41) is 1.72. The van der Waals surface area contributed by atoms with Crippen LogP contribution in [0.25, 0.3) is 0 Å². The van der Waals surface area contributed by atoms with E-state index in [1.807, 2.05) is 48.5 Å². The van der Waals surface area contributed by atoms with Crippen LogP contribution in [-0.4, -0.2) is 20.7 Å². The van der Waals surface area contributed by atoms with Crippen molar-refractivity contribution in [2.45, 2.75) is 10.6 Å². The van der Waals surface area contributed by atoms with E-state index in [9.17, 15) is 4.79 Å². The van der Waals surface area contributed by atoms with Gasteiger partial charge in [0.25, 0.3) is 0 Å². The van der Waals surface area contributed by atoms with Gasteiger partial charge < -0.3 is 0 Å². The Morgan fingerprint density at radius 3 is 2.12 bits per heavy atom. The third-order valence-corrected chi connectivity index (χ3v) is 4.55. The van der Waals surface area contributed by atoms with E-state index in [1.165, 1.54) is 5.56 Å². The van der Waals surface area contributed by atoms with Crippen LogP contribution in [-0.2, 0) is 5.32 Å². The number of carbonyl (C=O) groups is 1. The average Bonchev–Trinajstić information content (AvgIpc) is 2.41. The molecule has 0 radical (unpaired) electrons. The topological polar surface area (TPSA) is 17.1 Å². The van der Waals surface area contributed by atoms with Crippen LogP contribution in [0, 0.1) is 0 Å². The van der Waals surface area contributed by atoms with Crippen molar-refractivity contribution in [3.8, 4) is 0 Å². The van der Waals surface area contributed by atoms with Crippen LogP contribution in [0.2, 0.25) is 5.32 Å². The van der Waals surface area contributed by atoms with Crippen molar-refractivity contribution >= 4 is 20.7 Å². The molecule has 2 heteroatoms. The van der Waals surface area contributed by atoms with E-state index in [1.54, 1.807) is 0 Å². The van der Waals surface area contributed by atoms with Gasteiger partial charge in [0.2, 0.25) is 0 Å². The summed E-state index contributed by atoms with van der Waals surface area (Å²) in [7, 11) is 0. The molecule has 0 saturated carbocycles. The monoisotopic (exact) mass is 290 g/mol. The molecule has 2 aromatic rings. The van der Waals surface area contributed by atoms with Gasteiger partial charge in [0, 0.05) is 0 Å². The van der Waals surface area contributed by atoms with Gasteiger partial charge in [-0.25, -0.2) is 0 Å². The standard InChI is InChI=1S/C15H14OSe/c16-15(14-9-5-2-6-10-14)12-17-11-13-7-3-1-4-8-13/h1-10H,11-12H2. The van der Waals surface area contributed by atoms with Gasteiger partial charge in [-0.1, -0.05) is 0 Å². The maximum atomic E-state index is 11.9. The zero-order valence-corrected chi connectivity index (χ0v) is 11.2. The summed E-state index contributed by atoms with van der Waals surface area (Å²) < 4.78 is 0. The average molecular weight is 289 g/mol. The summed E-state index contributed by atoms with van der Waals surface area (Å²) in [6, 6.07) is 19.9. The first kappa shape index (κ1) is 12.1. The van der Waals surface area contributed by atoms with E-state index in [0.717, 1.165) is 10.9 Å². The molecular formula is C15H14OSe. The van der Waals surface area contributed by atoms with Crippen LogP contribution in [0.1, 0.15) is 15.9 Å². The molecular weight excluding hydrogens is 275 g/mol. The molecule has 0 fully saturated rings. The van der Waals surface area contributed by atoms with Crippen molar-refractivity contribution in [3.05, 3.63) is 71.8 Å². The quantitative estimate of drug-likeness (QED) is 0.610. The number of benzene rings is 2. The normalized spacial score (nSPS) is 10.1.